The van der Waals surface area contributed by atoms with E-state index in [4.69, 9.17) is 0 Å². The van der Waals surface area contributed by atoms with Gasteiger partial charge in [-0.05, 0) is 63.4 Å². The molecule has 0 spiro atoms. The summed E-state index contributed by atoms with van der Waals surface area (Å²) in [5.41, 5.74) is 1.99. The van der Waals surface area contributed by atoms with Crippen molar-refractivity contribution in [2.75, 3.05) is 19.6 Å². The summed E-state index contributed by atoms with van der Waals surface area (Å²) in [4.78, 5) is 2.38. The van der Waals surface area contributed by atoms with E-state index in [-0.39, 0.29) is 5.82 Å². The molecule has 110 valence electrons. The van der Waals surface area contributed by atoms with Crippen LogP contribution in [0.5, 0.6) is 0 Å². The Kier molecular flexibility index (Phi) is 4.69. The van der Waals surface area contributed by atoms with Crippen LogP contribution in [0.2, 0.25) is 0 Å². The van der Waals surface area contributed by atoms with Gasteiger partial charge in [-0.15, -0.1) is 0 Å². The number of nitrogens with one attached hydrogen (secondary N) is 1. The Labute approximate surface area is 121 Å². The van der Waals surface area contributed by atoms with Crippen molar-refractivity contribution in [3.8, 4) is 0 Å². The van der Waals surface area contributed by atoms with E-state index >= 15 is 0 Å². The molecule has 1 aromatic carbocycles. The van der Waals surface area contributed by atoms with Crippen LogP contribution in [0, 0.1) is 5.82 Å². The highest BCUT2D eigenvalue weighted by molar-refractivity contribution is 5.25. The van der Waals surface area contributed by atoms with Crippen LogP contribution in [0.3, 0.4) is 0 Å². The molecule has 0 aromatic heterocycles. The second-order valence-electron chi connectivity index (χ2n) is 6.26. The molecule has 20 heavy (non-hydrogen) atoms. The Balaban J connectivity index is 1.60. The maximum Gasteiger partial charge on any atom is 0.127 e. The number of benzene rings is 1. The average Bonchev–Trinajstić information content (AvgIpc) is 2.96. The highest BCUT2D eigenvalue weighted by Gasteiger charge is 2.16. The van der Waals surface area contributed by atoms with Crippen LogP contribution in [0.4, 0.5) is 4.39 Å². The first-order valence-corrected chi connectivity index (χ1v) is 8.04. The van der Waals surface area contributed by atoms with Crippen molar-refractivity contribution in [2.24, 2.45) is 0 Å². The topological polar surface area (TPSA) is 15.3 Å². The third kappa shape index (κ3) is 3.58. The summed E-state index contributed by atoms with van der Waals surface area (Å²) in [5.74, 6) is -0.0222. The van der Waals surface area contributed by atoms with Crippen LogP contribution in [-0.4, -0.2) is 30.6 Å². The second kappa shape index (κ2) is 6.68. The predicted molar refractivity (Wildman–Crippen MR) is 80.3 cm³/mol. The number of hydrogen-bond donors (Lipinski definition) is 1. The van der Waals surface area contributed by atoms with E-state index in [1.807, 2.05) is 6.07 Å². The van der Waals surface area contributed by atoms with Gasteiger partial charge in [0.15, 0.2) is 0 Å². The number of rotatable bonds is 4. The van der Waals surface area contributed by atoms with Gasteiger partial charge in [0.1, 0.15) is 5.82 Å². The average molecular weight is 276 g/mol. The van der Waals surface area contributed by atoms with Gasteiger partial charge in [0.05, 0.1) is 0 Å². The lowest BCUT2D eigenvalue weighted by molar-refractivity contribution is 0.218. The SMILES string of the molecule is Fc1cc(CC2CCCN2)ccc1CN1CCCCC1. The summed E-state index contributed by atoms with van der Waals surface area (Å²) in [6.45, 7) is 4.12. The quantitative estimate of drug-likeness (QED) is 0.909. The van der Waals surface area contributed by atoms with Crippen LogP contribution in [0.25, 0.3) is 0 Å². The Morgan fingerprint density at radius 1 is 1.15 bits per heavy atom. The molecule has 2 aliphatic rings. The van der Waals surface area contributed by atoms with Crippen molar-refractivity contribution < 1.29 is 4.39 Å². The van der Waals surface area contributed by atoms with E-state index < -0.39 is 0 Å². The van der Waals surface area contributed by atoms with Crippen LogP contribution >= 0.6 is 0 Å². The summed E-state index contributed by atoms with van der Waals surface area (Å²) in [7, 11) is 0. The monoisotopic (exact) mass is 276 g/mol. The molecule has 3 rings (SSSR count). The number of hydrogen-bond acceptors (Lipinski definition) is 2. The molecule has 2 heterocycles. The Morgan fingerprint density at radius 3 is 2.70 bits per heavy atom. The van der Waals surface area contributed by atoms with E-state index in [0.29, 0.717) is 6.04 Å². The first kappa shape index (κ1) is 14.0. The standard InChI is InChI=1S/C17H25FN2/c18-17-12-14(11-16-5-4-8-19-16)6-7-15(17)13-20-9-2-1-3-10-20/h6-7,12,16,19H,1-5,8-11,13H2. The van der Waals surface area contributed by atoms with Crippen molar-refractivity contribution in [3.05, 3.63) is 35.1 Å². The number of piperidine rings is 1. The number of likely N-dealkylation sites (tertiary alicyclic amines) is 1. The molecule has 2 saturated heterocycles. The first-order chi connectivity index (χ1) is 9.81. The molecular formula is C17H25FN2. The van der Waals surface area contributed by atoms with Crippen LogP contribution < -0.4 is 5.32 Å². The lowest BCUT2D eigenvalue weighted by atomic mass is 10.0. The second-order valence-corrected chi connectivity index (χ2v) is 6.26. The van der Waals surface area contributed by atoms with E-state index in [9.17, 15) is 4.39 Å². The van der Waals surface area contributed by atoms with Gasteiger partial charge in [-0.1, -0.05) is 18.6 Å². The molecule has 2 aliphatic heterocycles. The van der Waals surface area contributed by atoms with Crippen molar-refractivity contribution in [2.45, 2.75) is 51.1 Å². The van der Waals surface area contributed by atoms with Crippen molar-refractivity contribution in [3.63, 3.8) is 0 Å². The molecule has 2 nitrogen and oxygen atoms in total. The number of nitrogens with zero attached hydrogens (tertiary/aromatic N) is 1. The zero-order valence-electron chi connectivity index (χ0n) is 12.2. The van der Waals surface area contributed by atoms with Crippen LogP contribution in [-0.2, 0) is 13.0 Å². The molecule has 0 aliphatic carbocycles. The normalized spacial score (nSPS) is 24.1. The molecular weight excluding hydrogens is 251 g/mol. The van der Waals surface area contributed by atoms with Crippen LogP contribution in [0.15, 0.2) is 18.2 Å². The van der Waals surface area contributed by atoms with Gasteiger partial charge in [0.25, 0.3) is 0 Å². The molecule has 1 atom stereocenters. The van der Waals surface area contributed by atoms with E-state index in [1.54, 1.807) is 6.07 Å². The highest BCUT2D eigenvalue weighted by Crippen LogP contribution is 2.18. The lowest BCUT2D eigenvalue weighted by Crippen LogP contribution is -2.29. The molecule has 1 unspecified atom stereocenters. The van der Waals surface area contributed by atoms with E-state index in [0.717, 1.165) is 43.7 Å². The first-order valence-electron chi connectivity index (χ1n) is 8.04. The minimum Gasteiger partial charge on any atom is -0.314 e. The number of halogens is 1. The molecule has 3 heteroatoms. The minimum absolute atomic E-state index is 0.0222. The van der Waals surface area contributed by atoms with Gasteiger partial charge < -0.3 is 5.32 Å². The third-order valence-corrected chi connectivity index (χ3v) is 4.60. The Hall–Kier alpha value is -0.930. The van der Waals surface area contributed by atoms with E-state index in [1.165, 1.54) is 32.1 Å². The van der Waals surface area contributed by atoms with Gasteiger partial charge in [0.2, 0.25) is 0 Å². The van der Waals surface area contributed by atoms with Crippen molar-refractivity contribution in [1.29, 1.82) is 0 Å². The zero-order valence-corrected chi connectivity index (χ0v) is 12.2. The maximum atomic E-state index is 14.2. The molecule has 2 fully saturated rings. The van der Waals surface area contributed by atoms with E-state index in [2.05, 4.69) is 16.3 Å². The van der Waals surface area contributed by atoms with Crippen LogP contribution in [0.1, 0.15) is 43.2 Å². The summed E-state index contributed by atoms with van der Waals surface area (Å²) < 4.78 is 14.2. The fourth-order valence-electron chi connectivity index (χ4n) is 3.42. The zero-order chi connectivity index (χ0) is 13.8. The summed E-state index contributed by atoms with van der Waals surface area (Å²) in [6.07, 6.45) is 7.27. The molecule has 0 radical (unpaired) electrons. The largest absolute Gasteiger partial charge is 0.314 e. The fraction of sp³-hybridized carbons (Fsp3) is 0.647. The Morgan fingerprint density at radius 2 is 2.00 bits per heavy atom. The maximum absolute atomic E-state index is 14.2. The van der Waals surface area contributed by atoms with Crippen molar-refractivity contribution >= 4 is 0 Å². The molecule has 0 bridgehead atoms. The molecule has 1 aromatic rings. The van der Waals surface area contributed by atoms with Crippen molar-refractivity contribution in [1.82, 2.24) is 10.2 Å². The van der Waals surface area contributed by atoms with Gasteiger partial charge >= 0.3 is 0 Å². The highest BCUT2D eigenvalue weighted by atomic mass is 19.1. The predicted octanol–water partition coefficient (Wildman–Crippen LogP) is 3.11. The van der Waals surface area contributed by atoms with Gasteiger partial charge in [-0.25, -0.2) is 4.39 Å². The smallest absolute Gasteiger partial charge is 0.127 e. The fourth-order valence-corrected chi connectivity index (χ4v) is 3.42. The minimum atomic E-state index is -0.0222. The lowest BCUT2D eigenvalue weighted by Gasteiger charge is -2.26. The summed E-state index contributed by atoms with van der Waals surface area (Å²) in [6, 6.07) is 6.40. The molecule has 0 saturated carbocycles. The van der Waals surface area contributed by atoms with Gasteiger partial charge in [-0.3, -0.25) is 4.90 Å². The summed E-state index contributed by atoms with van der Waals surface area (Å²) in [5, 5.41) is 3.47. The third-order valence-electron chi connectivity index (χ3n) is 4.60. The summed E-state index contributed by atoms with van der Waals surface area (Å²) >= 11 is 0. The van der Waals surface area contributed by atoms with Gasteiger partial charge in [-0.2, -0.15) is 0 Å². The van der Waals surface area contributed by atoms with Gasteiger partial charge in [0, 0.05) is 18.2 Å². The molecule has 0 amide bonds. The molecule has 1 N–H and O–H groups in total. The Bertz CT molecular complexity index is 435.